The van der Waals surface area contributed by atoms with Crippen molar-refractivity contribution in [2.45, 2.75) is 0 Å². The van der Waals surface area contributed by atoms with Crippen molar-refractivity contribution >= 4 is 38.9 Å². The van der Waals surface area contributed by atoms with Crippen LogP contribution in [0, 0.1) is 0 Å². The molecule has 0 fully saturated rings. The summed E-state index contributed by atoms with van der Waals surface area (Å²) in [5, 5.41) is 4.94. The molecule has 0 aliphatic rings. The number of fused-ring (bicyclic) bond motifs is 2. The molecule has 0 aliphatic carbocycles. The predicted octanol–water partition coefficient (Wildman–Crippen LogP) is 11.3. The highest BCUT2D eigenvalue weighted by molar-refractivity contribution is 6.22. The maximum Gasteiger partial charge on any atom is 0.138 e. The largest absolute Gasteiger partial charge is 0.279 e. The van der Waals surface area contributed by atoms with Gasteiger partial charge in [-0.25, -0.2) is 9.97 Å². The number of rotatable bonds is 6. The lowest BCUT2D eigenvalue weighted by atomic mass is 9.84. The number of pyridine rings is 2. The zero-order chi connectivity index (χ0) is 30.0. The van der Waals surface area contributed by atoms with Crippen LogP contribution in [0.4, 0.5) is 17.3 Å². The van der Waals surface area contributed by atoms with Crippen molar-refractivity contribution in [3.8, 4) is 33.4 Å². The fraction of sp³-hybridized carbons (Fsp3) is 0. The smallest absolute Gasteiger partial charge is 0.138 e. The average molecular weight is 576 g/mol. The maximum atomic E-state index is 4.65. The zero-order valence-corrected chi connectivity index (χ0v) is 24.6. The van der Waals surface area contributed by atoms with Gasteiger partial charge in [-0.15, -0.1) is 0 Å². The number of benzene rings is 6. The van der Waals surface area contributed by atoms with Gasteiger partial charge < -0.3 is 0 Å². The molecule has 212 valence electrons. The first kappa shape index (κ1) is 26.6. The van der Waals surface area contributed by atoms with E-state index in [4.69, 9.17) is 0 Å². The third-order valence-corrected chi connectivity index (χ3v) is 8.38. The summed E-state index contributed by atoms with van der Waals surface area (Å²) < 4.78 is 0. The van der Waals surface area contributed by atoms with E-state index in [-0.39, 0.29) is 0 Å². The molecule has 0 radical (unpaired) electrons. The molecule has 0 amide bonds. The fourth-order valence-corrected chi connectivity index (χ4v) is 6.43. The van der Waals surface area contributed by atoms with Gasteiger partial charge in [0.25, 0.3) is 0 Å². The van der Waals surface area contributed by atoms with E-state index in [1.165, 1.54) is 49.4 Å². The van der Waals surface area contributed by atoms with Gasteiger partial charge in [-0.2, -0.15) is 0 Å². The first-order chi connectivity index (χ1) is 22.4. The Bertz CT molecular complexity index is 2150. The SMILES string of the molecule is c1ccc(-c2ccccc2-c2c3ccccc3c(-c3ccc(N(c4ccccn4)c4ccccn4)cc3)c3ccccc23)cc1. The standard InChI is InChI=1S/C42H29N3/c1-2-14-30(15-3-1)33-16-4-5-17-34(33)42-37-20-8-6-18-35(37)41(36-19-7-9-21-38(36)42)31-24-26-32(27-25-31)45(39-22-10-12-28-43-39)40-23-11-13-29-44-40/h1-29H. The minimum absolute atomic E-state index is 0.821. The Labute approximate surface area is 262 Å². The Balaban J connectivity index is 1.33. The number of hydrogen-bond acceptors (Lipinski definition) is 3. The monoisotopic (exact) mass is 575 g/mol. The summed E-state index contributed by atoms with van der Waals surface area (Å²) in [5.41, 5.74) is 8.34. The van der Waals surface area contributed by atoms with Crippen LogP contribution in [0.25, 0.3) is 54.9 Å². The minimum Gasteiger partial charge on any atom is -0.279 e. The van der Waals surface area contributed by atoms with E-state index >= 15 is 0 Å². The zero-order valence-electron chi connectivity index (χ0n) is 24.6. The summed E-state index contributed by atoms with van der Waals surface area (Å²) in [6.45, 7) is 0. The van der Waals surface area contributed by atoms with Crippen LogP contribution in [-0.2, 0) is 0 Å². The molecule has 3 nitrogen and oxygen atoms in total. The van der Waals surface area contributed by atoms with E-state index in [1.54, 1.807) is 0 Å². The van der Waals surface area contributed by atoms with Gasteiger partial charge in [0.2, 0.25) is 0 Å². The number of nitrogens with zero attached hydrogens (tertiary/aromatic N) is 3. The van der Waals surface area contributed by atoms with Gasteiger partial charge in [-0.05, 0) is 91.3 Å². The van der Waals surface area contributed by atoms with Crippen LogP contribution in [-0.4, -0.2) is 9.97 Å². The summed E-state index contributed by atoms with van der Waals surface area (Å²) in [4.78, 5) is 11.4. The molecule has 0 spiro atoms. The first-order valence-electron chi connectivity index (χ1n) is 15.2. The van der Waals surface area contributed by atoms with E-state index in [0.717, 1.165) is 22.9 Å². The molecule has 2 heterocycles. The van der Waals surface area contributed by atoms with Crippen LogP contribution < -0.4 is 4.90 Å². The van der Waals surface area contributed by atoms with Crippen LogP contribution in [0.15, 0.2) is 176 Å². The third-order valence-electron chi connectivity index (χ3n) is 8.38. The van der Waals surface area contributed by atoms with Crippen LogP contribution in [0.2, 0.25) is 0 Å². The van der Waals surface area contributed by atoms with Crippen LogP contribution in [0.1, 0.15) is 0 Å². The fourth-order valence-electron chi connectivity index (χ4n) is 6.43. The van der Waals surface area contributed by atoms with Crippen LogP contribution in [0.3, 0.4) is 0 Å². The molecule has 2 aromatic heterocycles. The highest BCUT2D eigenvalue weighted by Crippen LogP contribution is 2.46. The van der Waals surface area contributed by atoms with E-state index < -0.39 is 0 Å². The predicted molar refractivity (Wildman–Crippen MR) is 188 cm³/mol. The Kier molecular flexibility index (Phi) is 6.82. The van der Waals surface area contributed by atoms with Gasteiger partial charge in [-0.3, -0.25) is 4.90 Å². The summed E-state index contributed by atoms with van der Waals surface area (Å²) >= 11 is 0. The number of anilines is 3. The molecular weight excluding hydrogens is 546 g/mol. The number of hydrogen-bond donors (Lipinski definition) is 0. The van der Waals surface area contributed by atoms with E-state index in [1.807, 2.05) is 48.8 Å². The van der Waals surface area contributed by atoms with E-state index in [2.05, 4.69) is 142 Å². The minimum atomic E-state index is 0.821. The highest BCUT2D eigenvalue weighted by atomic mass is 15.2. The molecule has 0 saturated carbocycles. The topological polar surface area (TPSA) is 29.0 Å². The van der Waals surface area contributed by atoms with E-state index in [0.29, 0.717) is 0 Å². The van der Waals surface area contributed by atoms with Gasteiger partial charge in [0, 0.05) is 18.1 Å². The molecular formula is C42H29N3. The second kappa shape index (κ2) is 11.6. The van der Waals surface area contributed by atoms with Gasteiger partial charge >= 0.3 is 0 Å². The highest BCUT2D eigenvalue weighted by Gasteiger charge is 2.19. The number of aromatic nitrogens is 2. The molecule has 0 unspecified atom stereocenters. The maximum absolute atomic E-state index is 4.65. The quantitative estimate of drug-likeness (QED) is 0.185. The van der Waals surface area contributed by atoms with E-state index in [9.17, 15) is 0 Å². The first-order valence-corrected chi connectivity index (χ1v) is 15.2. The average Bonchev–Trinajstić information content (AvgIpc) is 3.12. The van der Waals surface area contributed by atoms with Crippen molar-refractivity contribution in [2.75, 3.05) is 4.90 Å². The van der Waals surface area contributed by atoms with Crippen molar-refractivity contribution in [3.05, 3.63) is 176 Å². The Hall–Kier alpha value is -6.06. The van der Waals surface area contributed by atoms with Crippen molar-refractivity contribution in [1.29, 1.82) is 0 Å². The van der Waals surface area contributed by atoms with Gasteiger partial charge in [0.15, 0.2) is 0 Å². The van der Waals surface area contributed by atoms with Crippen LogP contribution in [0.5, 0.6) is 0 Å². The van der Waals surface area contributed by atoms with Crippen molar-refractivity contribution in [2.24, 2.45) is 0 Å². The van der Waals surface area contributed by atoms with Crippen molar-refractivity contribution in [1.82, 2.24) is 9.97 Å². The van der Waals surface area contributed by atoms with Crippen molar-refractivity contribution in [3.63, 3.8) is 0 Å². The molecule has 0 saturated heterocycles. The molecule has 6 aromatic carbocycles. The summed E-state index contributed by atoms with van der Waals surface area (Å²) in [6.07, 6.45) is 3.63. The molecule has 3 heteroatoms. The Morgan fingerprint density at radius 1 is 0.333 bits per heavy atom. The Morgan fingerprint density at radius 3 is 1.33 bits per heavy atom. The Morgan fingerprint density at radius 2 is 0.800 bits per heavy atom. The van der Waals surface area contributed by atoms with Crippen LogP contribution >= 0.6 is 0 Å². The molecule has 45 heavy (non-hydrogen) atoms. The summed E-state index contributed by atoms with van der Waals surface area (Å²) in [7, 11) is 0. The third kappa shape index (κ3) is 4.81. The second-order valence-electron chi connectivity index (χ2n) is 11.0. The van der Waals surface area contributed by atoms with Gasteiger partial charge in [-0.1, -0.05) is 127 Å². The molecule has 0 bridgehead atoms. The lowest BCUT2D eigenvalue weighted by molar-refractivity contribution is 1.13. The molecule has 0 atom stereocenters. The molecule has 0 N–H and O–H groups in total. The van der Waals surface area contributed by atoms with Crippen molar-refractivity contribution < 1.29 is 0 Å². The molecule has 0 aliphatic heterocycles. The molecule has 8 rings (SSSR count). The van der Waals surface area contributed by atoms with Gasteiger partial charge in [0.05, 0.1) is 0 Å². The second-order valence-corrected chi connectivity index (χ2v) is 11.0. The summed E-state index contributed by atoms with van der Waals surface area (Å²) in [5.74, 6) is 1.64. The lowest BCUT2D eigenvalue weighted by Crippen LogP contribution is -2.12. The summed E-state index contributed by atoms with van der Waals surface area (Å²) in [6, 6.07) is 57.7. The molecule has 8 aromatic rings. The van der Waals surface area contributed by atoms with Gasteiger partial charge in [0.1, 0.15) is 11.6 Å². The normalized spacial score (nSPS) is 11.1. The lowest BCUT2D eigenvalue weighted by Gasteiger charge is -2.23.